The third kappa shape index (κ3) is 5.77. The molecule has 0 saturated heterocycles. The normalized spacial score (nSPS) is 13.2. The van der Waals surface area contributed by atoms with E-state index in [0.29, 0.717) is 0 Å². The molecule has 1 unspecified atom stereocenters. The quantitative estimate of drug-likeness (QED) is 0.598. The summed E-state index contributed by atoms with van der Waals surface area (Å²) in [5, 5.41) is 11.2. The van der Waals surface area contributed by atoms with Crippen LogP contribution in [0.2, 0.25) is 0 Å². The molecule has 0 amide bonds. The van der Waals surface area contributed by atoms with Crippen LogP contribution in [0.15, 0.2) is 12.3 Å². The van der Waals surface area contributed by atoms with Crippen LogP contribution in [-0.2, 0) is 4.79 Å². The molecule has 1 atom stereocenters. The molecule has 0 heterocycles. The average molecular weight is 171 g/mol. The van der Waals surface area contributed by atoms with Crippen LogP contribution in [0.5, 0.6) is 0 Å². The Morgan fingerprint density at radius 1 is 1.67 bits per heavy atom. The fourth-order valence-corrected chi connectivity index (χ4v) is 0.689. The Bertz CT molecular complexity index is 155. The molecule has 0 saturated carbocycles. The van der Waals surface area contributed by atoms with Gasteiger partial charge in [-0.3, -0.25) is 4.79 Å². The molecule has 0 aromatic carbocycles. The fraction of sp³-hybridized carbons (Fsp3) is 0.667. The molecule has 2 N–H and O–H groups in total. The molecule has 0 bridgehead atoms. The summed E-state index contributed by atoms with van der Waals surface area (Å²) in [7, 11) is 0. The van der Waals surface area contributed by atoms with Crippen molar-refractivity contribution in [3.05, 3.63) is 12.3 Å². The molecule has 0 spiro atoms. The molecule has 3 heteroatoms. The Hall–Kier alpha value is -0.990. The first-order chi connectivity index (χ1) is 5.68. The van der Waals surface area contributed by atoms with Gasteiger partial charge in [0.05, 0.1) is 0 Å². The summed E-state index contributed by atoms with van der Waals surface area (Å²) in [4.78, 5) is 10.3. The number of allylic oxidation sites excluding steroid dienone is 1. The van der Waals surface area contributed by atoms with Crippen molar-refractivity contribution < 1.29 is 9.90 Å². The molecule has 0 aliphatic carbocycles. The molecular weight excluding hydrogens is 154 g/mol. The number of nitrogens with one attached hydrogen (secondary N) is 1. The minimum absolute atomic E-state index is 0.497. The minimum atomic E-state index is -0.824. The molecule has 0 radical (unpaired) electrons. The van der Waals surface area contributed by atoms with Gasteiger partial charge in [0.15, 0.2) is 0 Å². The Balaban J connectivity index is 3.40. The van der Waals surface area contributed by atoms with Gasteiger partial charge in [0.25, 0.3) is 0 Å². The lowest BCUT2D eigenvalue weighted by Crippen LogP contribution is -2.29. The van der Waals surface area contributed by atoms with Gasteiger partial charge in [-0.15, -0.1) is 0 Å². The van der Waals surface area contributed by atoms with Crippen molar-refractivity contribution in [1.82, 2.24) is 5.32 Å². The van der Waals surface area contributed by atoms with E-state index in [1.54, 1.807) is 13.1 Å². The topological polar surface area (TPSA) is 49.3 Å². The molecule has 70 valence electrons. The first-order valence-corrected chi connectivity index (χ1v) is 4.32. The molecule has 0 aliphatic rings. The van der Waals surface area contributed by atoms with E-state index < -0.39 is 12.0 Å². The molecule has 3 nitrogen and oxygen atoms in total. The van der Waals surface area contributed by atoms with E-state index in [-0.39, 0.29) is 0 Å². The van der Waals surface area contributed by atoms with Gasteiger partial charge >= 0.3 is 5.97 Å². The second-order valence-electron chi connectivity index (χ2n) is 2.77. The van der Waals surface area contributed by atoms with Crippen LogP contribution in [0.1, 0.15) is 33.1 Å². The first kappa shape index (κ1) is 11.0. The second kappa shape index (κ2) is 6.70. The standard InChI is InChI=1S/C9H17NO2/c1-3-4-5-6-7-10-8(2)9(11)12/h6-8,10H,3-5H2,1-2H3,(H,11,12)/b7-6+. The molecule has 0 fully saturated rings. The lowest BCUT2D eigenvalue weighted by atomic mass is 10.2. The fourth-order valence-electron chi connectivity index (χ4n) is 0.689. The largest absolute Gasteiger partial charge is 0.480 e. The molecular formula is C9H17NO2. The monoisotopic (exact) mass is 171 g/mol. The minimum Gasteiger partial charge on any atom is -0.480 e. The van der Waals surface area contributed by atoms with Crippen molar-refractivity contribution in [1.29, 1.82) is 0 Å². The van der Waals surface area contributed by atoms with Gasteiger partial charge in [0.2, 0.25) is 0 Å². The van der Waals surface area contributed by atoms with Gasteiger partial charge in [0.1, 0.15) is 6.04 Å². The van der Waals surface area contributed by atoms with Crippen molar-refractivity contribution in [2.75, 3.05) is 0 Å². The van der Waals surface area contributed by atoms with Crippen LogP contribution >= 0.6 is 0 Å². The Labute approximate surface area is 73.5 Å². The zero-order valence-electron chi connectivity index (χ0n) is 7.71. The average Bonchev–Trinajstić information content (AvgIpc) is 2.03. The summed E-state index contributed by atoms with van der Waals surface area (Å²) in [5.74, 6) is -0.824. The van der Waals surface area contributed by atoms with E-state index in [1.165, 1.54) is 6.42 Å². The van der Waals surface area contributed by atoms with E-state index >= 15 is 0 Å². The van der Waals surface area contributed by atoms with Crippen LogP contribution in [0.3, 0.4) is 0 Å². The summed E-state index contributed by atoms with van der Waals surface area (Å²) in [6, 6.07) is -0.497. The molecule has 0 aliphatic heterocycles. The van der Waals surface area contributed by atoms with Crippen LogP contribution in [-0.4, -0.2) is 17.1 Å². The van der Waals surface area contributed by atoms with Crippen LogP contribution in [0.25, 0.3) is 0 Å². The lowest BCUT2D eigenvalue weighted by molar-refractivity contribution is -0.138. The number of hydrogen-bond acceptors (Lipinski definition) is 2. The van der Waals surface area contributed by atoms with Crippen molar-refractivity contribution in [3.8, 4) is 0 Å². The number of carboxylic acid groups (broad SMARTS) is 1. The van der Waals surface area contributed by atoms with E-state index in [0.717, 1.165) is 12.8 Å². The predicted octanol–water partition coefficient (Wildman–Crippen LogP) is 1.75. The number of aliphatic carboxylic acids is 1. The second-order valence-corrected chi connectivity index (χ2v) is 2.77. The first-order valence-electron chi connectivity index (χ1n) is 4.32. The number of carbonyl (C=O) groups is 1. The van der Waals surface area contributed by atoms with Crippen LogP contribution < -0.4 is 5.32 Å². The number of unbranched alkanes of at least 4 members (excludes halogenated alkanes) is 2. The number of rotatable bonds is 6. The highest BCUT2D eigenvalue weighted by Gasteiger charge is 2.05. The van der Waals surface area contributed by atoms with Crippen molar-refractivity contribution in [3.63, 3.8) is 0 Å². The Kier molecular flexibility index (Phi) is 6.15. The maximum Gasteiger partial charge on any atom is 0.325 e. The van der Waals surface area contributed by atoms with Gasteiger partial charge in [-0.2, -0.15) is 0 Å². The maximum absolute atomic E-state index is 10.3. The summed E-state index contributed by atoms with van der Waals surface area (Å²) < 4.78 is 0. The summed E-state index contributed by atoms with van der Waals surface area (Å²) in [6.45, 7) is 3.74. The van der Waals surface area contributed by atoms with Gasteiger partial charge in [-0.25, -0.2) is 0 Å². The van der Waals surface area contributed by atoms with Gasteiger partial charge in [-0.05, 0) is 19.5 Å². The number of hydrogen-bond donors (Lipinski definition) is 2. The predicted molar refractivity (Wildman–Crippen MR) is 48.9 cm³/mol. The van der Waals surface area contributed by atoms with Gasteiger partial charge in [0, 0.05) is 0 Å². The third-order valence-corrected chi connectivity index (χ3v) is 1.56. The zero-order chi connectivity index (χ0) is 9.40. The van der Waals surface area contributed by atoms with Crippen LogP contribution in [0, 0.1) is 0 Å². The SMILES string of the molecule is CCCC/C=C/NC(C)C(=O)O. The number of carboxylic acids is 1. The molecule has 12 heavy (non-hydrogen) atoms. The summed E-state index contributed by atoms with van der Waals surface area (Å²) in [5.41, 5.74) is 0. The summed E-state index contributed by atoms with van der Waals surface area (Å²) in [6.07, 6.45) is 7.01. The van der Waals surface area contributed by atoms with Crippen LogP contribution in [0.4, 0.5) is 0 Å². The highest BCUT2D eigenvalue weighted by atomic mass is 16.4. The maximum atomic E-state index is 10.3. The molecule has 0 rings (SSSR count). The molecule has 0 aromatic rings. The van der Waals surface area contributed by atoms with Gasteiger partial charge < -0.3 is 10.4 Å². The van der Waals surface area contributed by atoms with Crippen molar-refractivity contribution in [2.45, 2.75) is 39.2 Å². The Morgan fingerprint density at radius 3 is 2.83 bits per heavy atom. The molecule has 0 aromatic heterocycles. The lowest BCUT2D eigenvalue weighted by Gasteiger charge is -2.04. The highest BCUT2D eigenvalue weighted by molar-refractivity contribution is 5.72. The zero-order valence-corrected chi connectivity index (χ0v) is 7.71. The van der Waals surface area contributed by atoms with Crippen molar-refractivity contribution >= 4 is 5.97 Å². The van der Waals surface area contributed by atoms with Gasteiger partial charge in [-0.1, -0.05) is 25.8 Å². The van der Waals surface area contributed by atoms with E-state index in [1.807, 2.05) is 6.08 Å². The van der Waals surface area contributed by atoms with E-state index in [9.17, 15) is 4.79 Å². The highest BCUT2D eigenvalue weighted by Crippen LogP contribution is 1.93. The summed E-state index contributed by atoms with van der Waals surface area (Å²) >= 11 is 0. The smallest absolute Gasteiger partial charge is 0.325 e. The van der Waals surface area contributed by atoms with Crippen molar-refractivity contribution in [2.24, 2.45) is 0 Å². The Morgan fingerprint density at radius 2 is 2.33 bits per heavy atom. The third-order valence-electron chi connectivity index (χ3n) is 1.56. The van der Waals surface area contributed by atoms with E-state index in [2.05, 4.69) is 12.2 Å². The van der Waals surface area contributed by atoms with E-state index in [4.69, 9.17) is 5.11 Å².